The maximum atomic E-state index is 12.0. The van der Waals surface area contributed by atoms with Crippen LogP contribution in [0.1, 0.15) is 37.9 Å². The lowest BCUT2D eigenvalue weighted by molar-refractivity contribution is 0.392. The number of hydrogen-bond acceptors (Lipinski definition) is 3. The molecule has 0 aliphatic rings. The van der Waals surface area contributed by atoms with Crippen molar-refractivity contribution in [1.82, 2.24) is 14.8 Å². The lowest BCUT2D eigenvalue weighted by Crippen LogP contribution is -2.11. The van der Waals surface area contributed by atoms with Crippen LogP contribution >= 0.6 is 0 Å². The van der Waals surface area contributed by atoms with Crippen LogP contribution in [-0.4, -0.2) is 14.8 Å². The van der Waals surface area contributed by atoms with Gasteiger partial charge in [-0.3, -0.25) is 14.6 Å². The molecule has 0 aliphatic carbocycles. The Balaban J connectivity index is 1.85. The number of benzene rings is 1. The molecule has 0 aliphatic heterocycles. The summed E-state index contributed by atoms with van der Waals surface area (Å²) in [5.74, 6) is 0.674. The normalized spacial score (nSPS) is 12.1. The summed E-state index contributed by atoms with van der Waals surface area (Å²) >= 11 is 0. The second-order valence-electron chi connectivity index (χ2n) is 6.39. The van der Waals surface area contributed by atoms with Gasteiger partial charge in [-0.05, 0) is 24.3 Å². The lowest BCUT2D eigenvalue weighted by Gasteiger charge is -2.11. The average molecular weight is 309 g/mol. The Kier molecular flexibility index (Phi) is 3.78. The molecule has 0 radical (unpaired) electrons. The molecule has 5 nitrogen and oxygen atoms in total. The monoisotopic (exact) mass is 309 g/mol. The summed E-state index contributed by atoms with van der Waals surface area (Å²) in [7, 11) is 0. The van der Waals surface area contributed by atoms with Gasteiger partial charge in [-0.15, -0.1) is 0 Å². The van der Waals surface area contributed by atoms with E-state index < -0.39 is 0 Å². The van der Waals surface area contributed by atoms with Gasteiger partial charge >= 0.3 is 0 Å². The summed E-state index contributed by atoms with van der Waals surface area (Å²) in [5.41, 5.74) is 1.88. The van der Waals surface area contributed by atoms with Gasteiger partial charge in [-0.1, -0.05) is 39.0 Å². The molecule has 0 amide bonds. The van der Waals surface area contributed by atoms with Gasteiger partial charge in [0.2, 0.25) is 0 Å². The minimum Gasteiger partial charge on any atom is -0.448 e. The van der Waals surface area contributed by atoms with E-state index in [0.717, 1.165) is 5.69 Å². The molecular formula is C18H19N3O2. The molecule has 3 rings (SSSR count). The maximum Gasteiger partial charge on any atom is 0.271 e. The van der Waals surface area contributed by atoms with Crippen LogP contribution in [0.3, 0.4) is 0 Å². The molecule has 0 atom stereocenters. The number of H-pyrrole nitrogens is 1. The summed E-state index contributed by atoms with van der Waals surface area (Å²) in [6.07, 6.45) is 6.87. The molecule has 0 bridgehead atoms. The predicted octanol–water partition coefficient (Wildman–Crippen LogP) is 3.62. The fourth-order valence-corrected chi connectivity index (χ4v) is 2.13. The Labute approximate surface area is 134 Å². The van der Waals surface area contributed by atoms with E-state index in [0.29, 0.717) is 17.1 Å². The number of rotatable bonds is 3. The molecule has 0 spiro atoms. The zero-order valence-electron chi connectivity index (χ0n) is 13.4. The number of oxazole rings is 1. The van der Waals surface area contributed by atoms with Crippen LogP contribution in [-0.2, 0) is 5.41 Å². The van der Waals surface area contributed by atoms with E-state index in [1.54, 1.807) is 29.3 Å². The van der Waals surface area contributed by atoms with Crippen LogP contribution in [0.4, 0.5) is 0 Å². The van der Waals surface area contributed by atoms with Gasteiger partial charge in [0.05, 0.1) is 11.3 Å². The highest BCUT2D eigenvalue weighted by atomic mass is 16.3. The van der Waals surface area contributed by atoms with Gasteiger partial charge < -0.3 is 4.42 Å². The molecule has 1 aromatic carbocycles. The van der Waals surface area contributed by atoms with Crippen molar-refractivity contribution in [1.29, 1.82) is 0 Å². The van der Waals surface area contributed by atoms with E-state index in [1.165, 1.54) is 0 Å². The molecule has 0 fully saturated rings. The Morgan fingerprint density at radius 1 is 1.17 bits per heavy atom. The molecular weight excluding hydrogens is 290 g/mol. The van der Waals surface area contributed by atoms with Gasteiger partial charge in [0, 0.05) is 11.6 Å². The fraction of sp³-hybridized carbons (Fsp3) is 0.222. The van der Waals surface area contributed by atoms with Gasteiger partial charge in [-0.25, -0.2) is 4.98 Å². The van der Waals surface area contributed by atoms with E-state index >= 15 is 0 Å². The van der Waals surface area contributed by atoms with E-state index in [2.05, 4.69) is 10.1 Å². The highest BCUT2D eigenvalue weighted by Crippen LogP contribution is 2.21. The molecule has 118 valence electrons. The van der Waals surface area contributed by atoms with Gasteiger partial charge in [0.15, 0.2) is 5.89 Å². The van der Waals surface area contributed by atoms with Crippen LogP contribution in [0.15, 0.2) is 52.0 Å². The van der Waals surface area contributed by atoms with Crippen LogP contribution < -0.4 is 5.56 Å². The first-order valence-corrected chi connectivity index (χ1v) is 7.45. The first-order chi connectivity index (χ1) is 10.9. The third-order valence-electron chi connectivity index (χ3n) is 3.38. The molecule has 0 saturated carbocycles. The van der Waals surface area contributed by atoms with E-state index in [4.69, 9.17) is 4.42 Å². The summed E-state index contributed by atoms with van der Waals surface area (Å²) in [5, 5.41) is 2.79. The smallest absolute Gasteiger partial charge is 0.271 e. The van der Waals surface area contributed by atoms with Crippen LogP contribution in [0, 0.1) is 0 Å². The first-order valence-electron chi connectivity index (χ1n) is 7.45. The molecule has 0 saturated heterocycles. The molecule has 5 heteroatoms. The number of aromatic amines is 1. The predicted molar refractivity (Wildman–Crippen MR) is 90.5 cm³/mol. The zero-order chi connectivity index (χ0) is 16.4. The first kappa shape index (κ1) is 15.1. The largest absolute Gasteiger partial charge is 0.448 e. The summed E-state index contributed by atoms with van der Waals surface area (Å²) < 4.78 is 7.17. The molecule has 1 N–H and O–H groups in total. The summed E-state index contributed by atoms with van der Waals surface area (Å²) in [6.45, 7) is 6.12. The molecule has 2 heterocycles. The number of para-hydroxylation sites is 1. The fourth-order valence-electron chi connectivity index (χ4n) is 2.13. The van der Waals surface area contributed by atoms with Gasteiger partial charge in [-0.2, -0.15) is 0 Å². The Bertz CT molecular complexity index is 877. The number of nitrogens with one attached hydrogen (secondary N) is 1. The number of hydrogen-bond donors (Lipinski definition) is 1. The second kappa shape index (κ2) is 5.76. The SMILES string of the molecule is CC(C)(C)c1nc(/C=C/c2cn(-c3ccccc3)[nH]c2=O)co1. The van der Waals surface area contributed by atoms with Gasteiger partial charge in [0.25, 0.3) is 5.56 Å². The highest BCUT2D eigenvalue weighted by Gasteiger charge is 2.19. The molecule has 0 unspecified atom stereocenters. The minimum atomic E-state index is -0.148. The van der Waals surface area contributed by atoms with Crippen molar-refractivity contribution in [2.45, 2.75) is 26.2 Å². The van der Waals surface area contributed by atoms with Crippen molar-refractivity contribution in [3.8, 4) is 5.69 Å². The molecule has 23 heavy (non-hydrogen) atoms. The summed E-state index contributed by atoms with van der Waals surface area (Å²) in [4.78, 5) is 16.4. The van der Waals surface area contributed by atoms with Gasteiger partial charge in [0.1, 0.15) is 12.0 Å². The topological polar surface area (TPSA) is 63.8 Å². The van der Waals surface area contributed by atoms with Crippen molar-refractivity contribution in [3.05, 3.63) is 70.3 Å². The summed E-state index contributed by atoms with van der Waals surface area (Å²) in [6, 6.07) is 9.63. The Morgan fingerprint density at radius 3 is 2.57 bits per heavy atom. The zero-order valence-corrected chi connectivity index (χ0v) is 13.4. The Morgan fingerprint density at radius 2 is 1.91 bits per heavy atom. The Hall–Kier alpha value is -2.82. The van der Waals surface area contributed by atoms with E-state index in [1.807, 2.05) is 51.1 Å². The highest BCUT2D eigenvalue weighted by molar-refractivity contribution is 5.67. The van der Waals surface area contributed by atoms with E-state index in [9.17, 15) is 4.79 Å². The lowest BCUT2D eigenvalue weighted by atomic mass is 9.97. The average Bonchev–Trinajstić information content (AvgIpc) is 3.12. The third-order valence-corrected chi connectivity index (χ3v) is 3.38. The quantitative estimate of drug-likeness (QED) is 0.803. The van der Waals surface area contributed by atoms with E-state index in [-0.39, 0.29) is 11.0 Å². The third kappa shape index (κ3) is 3.34. The molecule has 3 aromatic rings. The standard InChI is InChI=1S/C18H19N3O2/c1-18(2,3)17-19-14(12-23-17)10-9-13-11-21(20-16(13)22)15-7-5-4-6-8-15/h4-12H,1-3H3,(H,20,22)/b10-9+. The van der Waals surface area contributed by atoms with Crippen molar-refractivity contribution in [2.75, 3.05) is 0 Å². The van der Waals surface area contributed by atoms with Crippen molar-refractivity contribution in [3.63, 3.8) is 0 Å². The van der Waals surface area contributed by atoms with Crippen molar-refractivity contribution >= 4 is 12.2 Å². The van der Waals surface area contributed by atoms with Crippen molar-refractivity contribution < 1.29 is 4.42 Å². The van der Waals surface area contributed by atoms with Crippen LogP contribution in [0.2, 0.25) is 0 Å². The number of nitrogens with zero attached hydrogens (tertiary/aromatic N) is 2. The number of aromatic nitrogens is 3. The van der Waals surface area contributed by atoms with Crippen molar-refractivity contribution in [2.24, 2.45) is 0 Å². The van der Waals surface area contributed by atoms with Crippen LogP contribution in [0.5, 0.6) is 0 Å². The molecule has 2 aromatic heterocycles. The minimum absolute atomic E-state index is 0.139. The van der Waals surface area contributed by atoms with Crippen LogP contribution in [0.25, 0.3) is 17.8 Å². The second-order valence-corrected chi connectivity index (χ2v) is 6.39. The maximum absolute atomic E-state index is 12.0.